The minimum Gasteiger partial charge on any atom is -0.368 e. The molecule has 1 N–H and O–H groups in total. The quantitative estimate of drug-likeness (QED) is 0.770. The Hall–Kier alpha value is -2.01. The Morgan fingerprint density at radius 2 is 2.25 bits per heavy atom. The summed E-state index contributed by atoms with van der Waals surface area (Å²) >= 11 is 1.71. The third kappa shape index (κ3) is 3.30. The number of nitrogens with zero attached hydrogens (tertiary/aromatic N) is 3. The van der Waals surface area contributed by atoms with Crippen LogP contribution in [0.25, 0.3) is 15.5 Å². The maximum atomic E-state index is 12.9. The van der Waals surface area contributed by atoms with Gasteiger partial charge in [-0.05, 0) is 42.9 Å². The fraction of sp³-hybridized carbons (Fsp3) is 0.333. The van der Waals surface area contributed by atoms with Gasteiger partial charge in [0.2, 0.25) is 0 Å². The maximum absolute atomic E-state index is 12.9. The van der Waals surface area contributed by atoms with Crippen molar-refractivity contribution in [2.75, 3.05) is 19.6 Å². The molecule has 0 spiro atoms. The molecular formula is C21H23N4OPS. The summed E-state index contributed by atoms with van der Waals surface area (Å²) in [7, 11) is 0.546. The summed E-state index contributed by atoms with van der Waals surface area (Å²) < 4.78 is 1.18. The van der Waals surface area contributed by atoms with Crippen LogP contribution in [0.5, 0.6) is 0 Å². The van der Waals surface area contributed by atoms with E-state index in [4.69, 9.17) is 0 Å². The second-order valence-electron chi connectivity index (χ2n) is 7.52. The maximum Gasteiger partial charge on any atom is 0.252 e. The van der Waals surface area contributed by atoms with Crippen LogP contribution in [0.1, 0.15) is 17.5 Å². The molecule has 28 heavy (non-hydrogen) atoms. The molecule has 0 bridgehead atoms. The highest BCUT2D eigenvalue weighted by atomic mass is 32.1. The normalized spacial score (nSPS) is 25.9. The van der Waals surface area contributed by atoms with Crippen molar-refractivity contribution in [3.8, 4) is 0 Å². The lowest BCUT2D eigenvalue weighted by molar-refractivity contribution is -0.123. The van der Waals surface area contributed by atoms with Gasteiger partial charge in [0, 0.05) is 38.0 Å². The number of allylic oxidation sites excluding steroid dienone is 1. The van der Waals surface area contributed by atoms with Crippen molar-refractivity contribution < 1.29 is 4.79 Å². The first-order valence-electron chi connectivity index (χ1n) is 9.63. The number of benzene rings is 1. The zero-order valence-corrected chi connectivity index (χ0v) is 17.8. The van der Waals surface area contributed by atoms with Crippen LogP contribution in [-0.4, -0.2) is 52.2 Å². The number of hydrogen-bond donors (Lipinski definition) is 1. The van der Waals surface area contributed by atoms with Gasteiger partial charge >= 0.3 is 0 Å². The van der Waals surface area contributed by atoms with Gasteiger partial charge in [0.05, 0.1) is 26.7 Å². The van der Waals surface area contributed by atoms with E-state index in [-0.39, 0.29) is 11.7 Å². The molecule has 2 unspecified atom stereocenters. The molecule has 1 saturated heterocycles. The Kier molecular flexibility index (Phi) is 4.58. The van der Waals surface area contributed by atoms with Gasteiger partial charge in [0.25, 0.3) is 5.91 Å². The van der Waals surface area contributed by atoms with Crippen LogP contribution in [-0.2, 0) is 4.79 Å². The van der Waals surface area contributed by atoms with Gasteiger partial charge in [-0.3, -0.25) is 4.79 Å². The summed E-state index contributed by atoms with van der Waals surface area (Å²) in [5.74, 6) is 0.194. The number of carbonyl (C=O) groups excluding carboxylic acids is 1. The summed E-state index contributed by atoms with van der Waals surface area (Å²) in [6, 6.07) is 6.81. The Morgan fingerprint density at radius 3 is 3.11 bits per heavy atom. The summed E-state index contributed by atoms with van der Waals surface area (Å²) in [6.07, 6.45) is 8.25. The number of amides is 1. The lowest BCUT2D eigenvalue weighted by Gasteiger charge is -2.39. The largest absolute Gasteiger partial charge is 0.368 e. The van der Waals surface area contributed by atoms with E-state index in [2.05, 4.69) is 52.5 Å². The second-order valence-corrected chi connectivity index (χ2v) is 10.2. The van der Waals surface area contributed by atoms with Crippen molar-refractivity contribution >= 4 is 41.4 Å². The monoisotopic (exact) mass is 410 g/mol. The number of hydrogen-bond acceptors (Lipinski definition) is 5. The highest BCUT2D eigenvalue weighted by molar-refractivity contribution is 7.51. The first-order valence-corrected chi connectivity index (χ1v) is 11.5. The smallest absolute Gasteiger partial charge is 0.252 e. The number of aryl methyl sites for hydroxylation is 1. The molecule has 4 heterocycles. The average Bonchev–Trinajstić information content (AvgIpc) is 3.07. The molecule has 5 rings (SSSR count). The predicted octanol–water partition coefficient (Wildman–Crippen LogP) is 3.50. The van der Waals surface area contributed by atoms with Crippen molar-refractivity contribution in [3.05, 3.63) is 58.9 Å². The van der Waals surface area contributed by atoms with Crippen LogP contribution < -0.4 is 5.32 Å². The Morgan fingerprint density at radius 1 is 1.36 bits per heavy atom. The zero-order valence-electron chi connectivity index (χ0n) is 16.0. The van der Waals surface area contributed by atoms with Gasteiger partial charge in [-0.1, -0.05) is 20.7 Å². The Bertz CT molecular complexity index is 1040. The topological polar surface area (TPSA) is 48.5 Å². The number of nitrogens with one attached hydrogen (secondary N) is 1. The van der Waals surface area contributed by atoms with Gasteiger partial charge in [0.15, 0.2) is 0 Å². The molecule has 0 saturated carbocycles. The first kappa shape index (κ1) is 18.0. The van der Waals surface area contributed by atoms with E-state index in [0.717, 1.165) is 46.7 Å². The fourth-order valence-corrected chi connectivity index (χ4v) is 6.24. The fourth-order valence-electron chi connectivity index (χ4n) is 3.99. The molecule has 1 fully saturated rings. The highest BCUT2D eigenvalue weighted by Gasteiger charge is 2.30. The summed E-state index contributed by atoms with van der Waals surface area (Å²) in [5, 5.41) is 5.68. The molecule has 2 aromatic rings. The molecule has 3 atom stereocenters. The molecule has 1 aromatic heterocycles. The molecule has 3 aliphatic rings. The number of carbonyl (C=O) groups is 1. The molecule has 3 aliphatic heterocycles. The van der Waals surface area contributed by atoms with Crippen LogP contribution >= 0.6 is 19.9 Å². The van der Waals surface area contributed by atoms with Crippen LogP contribution in [0.2, 0.25) is 0 Å². The standard InChI is InChI=1S/C21H23N4OPS/c1-13-11-24(8-7-22-13)16-4-6-21-25(12-16)20(26)10-18(27-21)15-3-5-17-19(9-15)28-14(2)23-17/h3-6,9-10,12-13,21-22,27H,7-8,11H2,1-2H3/t13-,21?/m0/s1. The molecule has 0 aliphatic carbocycles. The van der Waals surface area contributed by atoms with Crippen LogP contribution in [0.15, 0.2) is 48.3 Å². The zero-order chi connectivity index (χ0) is 19.3. The molecule has 1 amide bonds. The average molecular weight is 410 g/mol. The van der Waals surface area contributed by atoms with E-state index in [1.54, 1.807) is 11.3 Å². The second kappa shape index (κ2) is 7.11. The Balaban J connectivity index is 1.41. The van der Waals surface area contributed by atoms with E-state index in [1.165, 1.54) is 4.70 Å². The van der Waals surface area contributed by atoms with Crippen molar-refractivity contribution in [2.24, 2.45) is 0 Å². The SMILES string of the molecule is Cc1nc2ccc(C3=CC(=O)N4C=C(N5CCN[C@@H](C)C5)C=CC4P3)cc2s1. The highest BCUT2D eigenvalue weighted by Crippen LogP contribution is 2.45. The number of thiazole rings is 1. The van der Waals surface area contributed by atoms with Crippen molar-refractivity contribution in [2.45, 2.75) is 25.7 Å². The van der Waals surface area contributed by atoms with Crippen LogP contribution in [0, 0.1) is 6.92 Å². The van der Waals surface area contributed by atoms with E-state index in [1.807, 2.05) is 24.1 Å². The number of fused-ring (bicyclic) bond motifs is 2. The van der Waals surface area contributed by atoms with Crippen LogP contribution in [0.4, 0.5) is 0 Å². The molecule has 144 valence electrons. The van der Waals surface area contributed by atoms with Gasteiger partial charge < -0.3 is 15.1 Å². The van der Waals surface area contributed by atoms with E-state index in [0.29, 0.717) is 14.6 Å². The molecule has 5 nitrogen and oxygen atoms in total. The lowest BCUT2D eigenvalue weighted by atomic mass is 10.1. The Labute approximate surface area is 170 Å². The third-order valence-corrected chi connectivity index (χ3v) is 7.83. The summed E-state index contributed by atoms with van der Waals surface area (Å²) in [4.78, 5) is 21.7. The van der Waals surface area contributed by atoms with Gasteiger partial charge in [-0.15, -0.1) is 11.3 Å². The molecule has 0 radical (unpaired) electrons. The van der Waals surface area contributed by atoms with Crippen molar-refractivity contribution in [3.63, 3.8) is 0 Å². The van der Waals surface area contributed by atoms with Crippen molar-refractivity contribution in [1.82, 2.24) is 20.1 Å². The first-order chi connectivity index (χ1) is 13.6. The van der Waals surface area contributed by atoms with Gasteiger partial charge in [-0.25, -0.2) is 4.98 Å². The predicted molar refractivity (Wildman–Crippen MR) is 118 cm³/mol. The minimum atomic E-state index is 0.0735. The lowest BCUT2D eigenvalue weighted by Crippen LogP contribution is -2.49. The van der Waals surface area contributed by atoms with Crippen molar-refractivity contribution in [1.29, 1.82) is 0 Å². The number of rotatable bonds is 2. The minimum absolute atomic E-state index is 0.0735. The van der Waals surface area contributed by atoms with Gasteiger partial charge in [-0.2, -0.15) is 0 Å². The molecular weight excluding hydrogens is 387 g/mol. The third-order valence-electron chi connectivity index (χ3n) is 5.39. The van der Waals surface area contributed by atoms with E-state index in [9.17, 15) is 4.79 Å². The molecule has 1 aromatic carbocycles. The molecule has 7 heteroatoms. The summed E-state index contributed by atoms with van der Waals surface area (Å²) in [6.45, 7) is 7.16. The number of piperazine rings is 1. The van der Waals surface area contributed by atoms with E-state index < -0.39 is 0 Å². The summed E-state index contributed by atoms with van der Waals surface area (Å²) in [5.41, 5.74) is 3.32. The van der Waals surface area contributed by atoms with E-state index >= 15 is 0 Å². The van der Waals surface area contributed by atoms with Crippen LogP contribution in [0.3, 0.4) is 0 Å². The number of aromatic nitrogens is 1. The van der Waals surface area contributed by atoms with Gasteiger partial charge in [0.1, 0.15) is 0 Å².